The van der Waals surface area contributed by atoms with E-state index < -0.39 is 17.9 Å². The first kappa shape index (κ1) is 37.5. The fraction of sp³-hybridized carbons (Fsp3) is 0.353. The zero-order chi connectivity index (χ0) is 36.2. The molecule has 3 atom stereocenters. The van der Waals surface area contributed by atoms with E-state index in [1.807, 2.05) is 36.4 Å². The van der Waals surface area contributed by atoms with Gasteiger partial charge in [0.05, 0.1) is 17.7 Å². The standard InChI is InChI=1S/C34H37ClN10O4S2/c35-23-7-3-22(4-8-23)33-42-24(19-50-33)20-51-34-27(16-37)30(26(15-36)31(43-34)45-11-1-2-12-45)21-5-9-25(10-6-21)48-13-14-49-29(46)18-40-32(47)28(38)17-41-44-39/h3-10,15,19,28,33-34,36,42-43H,1-2,11-14,17-18,20,38H2,(H,40,47)/t28-,33?,34?/m0/s1. The Kier molecular flexibility index (Phi) is 13.6. The largest absolute Gasteiger partial charge is 0.490 e. The minimum atomic E-state index is -1.06. The summed E-state index contributed by atoms with van der Waals surface area (Å²) in [6, 6.07) is 16.4. The zero-order valence-corrected chi connectivity index (χ0v) is 29.9. The van der Waals surface area contributed by atoms with E-state index >= 15 is 0 Å². The number of allylic oxidation sites excluding steroid dienone is 2. The maximum Gasteiger partial charge on any atom is 0.325 e. The SMILES string of the molecule is N#CC1=C(c2ccc(OCCOC(=O)CNC(=O)[C@@H](N)CN=[N+]=[N-])cc2)C(C=N)=C(N2CCCC2)NC1SCC1=CSC(c2ccc(Cl)cc2)N1. The monoisotopic (exact) mass is 748 g/mol. The quantitative estimate of drug-likeness (QED) is 0.0393. The average molecular weight is 749 g/mol. The second-order valence-corrected chi connectivity index (χ2v) is 14.0. The number of nitriles is 1. The molecule has 1 amide bonds. The lowest BCUT2D eigenvalue weighted by Gasteiger charge is -2.35. The molecule has 6 N–H and O–H groups in total. The summed E-state index contributed by atoms with van der Waals surface area (Å²) in [6.07, 6.45) is 3.43. The van der Waals surface area contributed by atoms with Crippen molar-refractivity contribution in [3.8, 4) is 11.8 Å². The molecular formula is C34H37ClN10O4S2. The van der Waals surface area contributed by atoms with Crippen LogP contribution in [0.5, 0.6) is 5.75 Å². The van der Waals surface area contributed by atoms with Crippen LogP contribution in [0.4, 0.5) is 0 Å². The summed E-state index contributed by atoms with van der Waals surface area (Å²) < 4.78 is 10.9. The number of ether oxygens (including phenoxy) is 2. The lowest BCUT2D eigenvalue weighted by molar-refractivity contribution is -0.144. The summed E-state index contributed by atoms with van der Waals surface area (Å²) in [5.41, 5.74) is 18.8. The molecule has 3 aliphatic rings. The van der Waals surface area contributed by atoms with Crippen molar-refractivity contribution < 1.29 is 19.1 Å². The van der Waals surface area contributed by atoms with Gasteiger partial charge in [0, 0.05) is 58.4 Å². The number of rotatable bonds is 16. The highest BCUT2D eigenvalue weighted by molar-refractivity contribution is 8.03. The average Bonchev–Trinajstić information content (AvgIpc) is 3.87. The Morgan fingerprint density at radius 1 is 1.22 bits per heavy atom. The van der Waals surface area contributed by atoms with Gasteiger partial charge in [0.15, 0.2) is 0 Å². The molecule has 3 aliphatic heterocycles. The third-order valence-corrected chi connectivity index (χ3v) is 10.6. The lowest BCUT2D eigenvalue weighted by Crippen LogP contribution is -2.44. The summed E-state index contributed by atoms with van der Waals surface area (Å²) >= 11 is 9.40. The minimum Gasteiger partial charge on any atom is -0.490 e. The molecule has 0 aromatic heterocycles. The van der Waals surface area contributed by atoms with Gasteiger partial charge >= 0.3 is 5.97 Å². The number of nitrogens with one attached hydrogen (secondary N) is 4. The van der Waals surface area contributed by atoms with Crippen molar-refractivity contribution in [1.29, 1.82) is 10.7 Å². The number of carbonyl (C=O) groups excluding carboxylic acids is 2. The van der Waals surface area contributed by atoms with Crippen molar-refractivity contribution in [2.24, 2.45) is 10.8 Å². The molecule has 2 aromatic carbocycles. The van der Waals surface area contributed by atoms with E-state index in [-0.39, 0.29) is 37.1 Å². The van der Waals surface area contributed by atoms with Crippen LogP contribution in [-0.4, -0.2) is 79.6 Å². The smallest absolute Gasteiger partial charge is 0.325 e. The molecule has 17 heteroatoms. The van der Waals surface area contributed by atoms with Gasteiger partial charge < -0.3 is 41.5 Å². The predicted molar refractivity (Wildman–Crippen MR) is 199 cm³/mol. The van der Waals surface area contributed by atoms with Gasteiger partial charge in [0.25, 0.3) is 0 Å². The number of carbonyl (C=O) groups is 2. The molecule has 266 valence electrons. The Morgan fingerprint density at radius 2 is 1.96 bits per heavy atom. The van der Waals surface area contributed by atoms with Gasteiger partial charge in [0.2, 0.25) is 5.91 Å². The molecular weight excluding hydrogens is 712 g/mol. The summed E-state index contributed by atoms with van der Waals surface area (Å²) in [7, 11) is 0. The number of azide groups is 1. The fourth-order valence-corrected chi connectivity index (χ4v) is 7.84. The predicted octanol–water partition coefficient (Wildman–Crippen LogP) is 4.79. The summed E-state index contributed by atoms with van der Waals surface area (Å²) in [5, 5.41) is 34.2. The molecule has 51 heavy (non-hydrogen) atoms. The molecule has 0 spiro atoms. The second-order valence-electron chi connectivity index (χ2n) is 11.5. The highest BCUT2D eigenvalue weighted by Gasteiger charge is 2.33. The molecule has 2 aromatic rings. The molecule has 2 unspecified atom stereocenters. The number of likely N-dealkylation sites (tertiary alicyclic amines) is 1. The number of hydrogen-bond donors (Lipinski definition) is 5. The number of thioether (sulfide) groups is 2. The van der Waals surface area contributed by atoms with Crippen LogP contribution in [-0.2, 0) is 14.3 Å². The summed E-state index contributed by atoms with van der Waals surface area (Å²) in [4.78, 5) is 28.6. The van der Waals surface area contributed by atoms with Crippen molar-refractivity contribution in [2.45, 2.75) is 29.6 Å². The van der Waals surface area contributed by atoms with E-state index in [2.05, 4.69) is 42.4 Å². The van der Waals surface area contributed by atoms with Crippen LogP contribution in [0.15, 0.2) is 81.7 Å². The van der Waals surface area contributed by atoms with Crippen LogP contribution < -0.4 is 26.4 Å². The summed E-state index contributed by atoms with van der Waals surface area (Å²) in [6.45, 7) is 1.13. The third-order valence-electron chi connectivity index (χ3n) is 8.10. The summed E-state index contributed by atoms with van der Waals surface area (Å²) in [5.74, 6) is 0.718. The molecule has 1 saturated heterocycles. The Morgan fingerprint density at radius 3 is 2.65 bits per heavy atom. The van der Waals surface area contributed by atoms with Gasteiger partial charge in [-0.3, -0.25) is 9.59 Å². The highest BCUT2D eigenvalue weighted by Crippen LogP contribution is 2.40. The number of hydrogen-bond acceptors (Lipinski definition) is 13. The van der Waals surface area contributed by atoms with Crippen LogP contribution in [0.1, 0.15) is 29.3 Å². The maximum atomic E-state index is 12.0. The molecule has 1 fully saturated rings. The first-order chi connectivity index (χ1) is 24.8. The van der Waals surface area contributed by atoms with Crippen molar-refractivity contribution in [3.05, 3.63) is 103 Å². The number of dihydropyridines is 1. The number of esters is 1. The van der Waals surface area contributed by atoms with Gasteiger partial charge in [-0.1, -0.05) is 41.0 Å². The topological polar surface area (TPSA) is 214 Å². The normalized spacial score (nSPS) is 18.8. The second kappa shape index (κ2) is 18.5. The molecule has 0 aliphatic carbocycles. The van der Waals surface area contributed by atoms with Crippen molar-refractivity contribution >= 4 is 58.8 Å². The number of nitrogens with two attached hydrogens (primary N) is 1. The fourth-order valence-electron chi connectivity index (χ4n) is 5.58. The van der Waals surface area contributed by atoms with Gasteiger partial charge in [0.1, 0.15) is 42.1 Å². The number of halogens is 1. The van der Waals surface area contributed by atoms with Gasteiger partial charge in [-0.2, -0.15) is 5.26 Å². The van der Waals surface area contributed by atoms with Gasteiger partial charge in [-0.05, 0) is 59.2 Å². The number of nitrogens with zero attached hydrogens (tertiary/aromatic N) is 5. The molecule has 5 rings (SSSR count). The van der Waals surface area contributed by atoms with Crippen molar-refractivity contribution in [3.63, 3.8) is 0 Å². The Bertz CT molecular complexity index is 1780. The highest BCUT2D eigenvalue weighted by atomic mass is 35.5. The molecule has 0 saturated carbocycles. The van der Waals surface area contributed by atoms with Crippen LogP contribution in [0.25, 0.3) is 16.0 Å². The zero-order valence-electron chi connectivity index (χ0n) is 27.5. The van der Waals surface area contributed by atoms with Crippen LogP contribution in [0.2, 0.25) is 5.02 Å². The minimum absolute atomic E-state index is 0.0559. The molecule has 3 heterocycles. The maximum absolute atomic E-state index is 12.0. The van der Waals surface area contributed by atoms with E-state index in [9.17, 15) is 14.9 Å². The Labute approximate surface area is 308 Å². The van der Waals surface area contributed by atoms with E-state index in [0.717, 1.165) is 48.6 Å². The molecule has 14 nitrogen and oxygen atoms in total. The molecule has 0 bridgehead atoms. The van der Waals surface area contributed by atoms with Crippen LogP contribution in [0.3, 0.4) is 0 Å². The van der Waals surface area contributed by atoms with E-state index in [0.29, 0.717) is 33.2 Å². The number of amides is 1. The van der Waals surface area contributed by atoms with E-state index in [1.54, 1.807) is 35.7 Å². The van der Waals surface area contributed by atoms with Crippen LogP contribution in [0, 0.1) is 16.7 Å². The third kappa shape index (κ3) is 9.93. The number of benzene rings is 2. The van der Waals surface area contributed by atoms with Gasteiger partial charge in [-0.25, -0.2) is 0 Å². The van der Waals surface area contributed by atoms with Crippen LogP contribution >= 0.6 is 35.1 Å². The van der Waals surface area contributed by atoms with Gasteiger partial charge in [-0.15, -0.1) is 23.5 Å². The first-order valence-corrected chi connectivity index (χ1v) is 18.5. The van der Waals surface area contributed by atoms with E-state index in [4.69, 9.17) is 37.7 Å². The van der Waals surface area contributed by atoms with Crippen molar-refractivity contribution in [2.75, 3.05) is 45.1 Å². The van der Waals surface area contributed by atoms with E-state index in [1.165, 1.54) is 6.21 Å². The Hall–Kier alpha value is -4.78. The lowest BCUT2D eigenvalue weighted by atomic mass is 9.90. The first-order valence-electron chi connectivity index (χ1n) is 16.1. The molecule has 0 radical (unpaired) electrons. The van der Waals surface area contributed by atoms with Crippen molar-refractivity contribution in [1.82, 2.24) is 20.9 Å². The Balaban J connectivity index is 1.22.